The van der Waals surface area contributed by atoms with Crippen molar-refractivity contribution in [3.63, 3.8) is 0 Å². The van der Waals surface area contributed by atoms with Gasteiger partial charge in [-0.25, -0.2) is 4.79 Å². The number of carbonyl (C=O) groups is 2. The number of carbonyl (C=O) groups excluding carboxylic acids is 2. The third-order valence-electron chi connectivity index (χ3n) is 6.15. The fraction of sp³-hybridized carbons (Fsp3) is 0.700. The summed E-state index contributed by atoms with van der Waals surface area (Å²) in [6.45, 7) is 8.47. The highest BCUT2D eigenvalue weighted by Crippen LogP contribution is 2.47. The Bertz CT molecular complexity index is 564. The predicted octanol–water partition coefficient (Wildman–Crippen LogP) is 2.74. The molecule has 3 aliphatic rings. The lowest BCUT2D eigenvalue weighted by molar-refractivity contribution is -0.135. The van der Waals surface area contributed by atoms with Crippen LogP contribution in [0.3, 0.4) is 0 Å². The summed E-state index contributed by atoms with van der Waals surface area (Å²) in [6, 6.07) is -0.259. The third-order valence-corrected chi connectivity index (χ3v) is 6.15. The lowest BCUT2D eigenvalue weighted by Gasteiger charge is -2.47. The number of hydrogen-bond acceptors (Lipinski definition) is 4. The molecular formula is C20H31NO4. The van der Waals surface area contributed by atoms with Gasteiger partial charge >= 0.3 is 5.97 Å². The maximum atomic E-state index is 10.8. The van der Waals surface area contributed by atoms with Crippen molar-refractivity contribution >= 4 is 12.4 Å². The van der Waals surface area contributed by atoms with Crippen LogP contribution in [0, 0.1) is 17.8 Å². The highest BCUT2D eigenvalue weighted by Gasteiger charge is 2.43. The van der Waals surface area contributed by atoms with Crippen molar-refractivity contribution in [3.05, 3.63) is 23.3 Å². The quantitative estimate of drug-likeness (QED) is 0.348. The van der Waals surface area contributed by atoms with Crippen molar-refractivity contribution in [2.75, 3.05) is 6.61 Å². The van der Waals surface area contributed by atoms with Crippen molar-refractivity contribution < 1.29 is 19.4 Å². The van der Waals surface area contributed by atoms with E-state index in [0.717, 1.165) is 18.3 Å². The molecule has 3 rings (SSSR count). The minimum absolute atomic E-state index is 0.247. The topological polar surface area (TPSA) is 75.6 Å². The van der Waals surface area contributed by atoms with Crippen LogP contribution in [0.1, 0.15) is 53.4 Å². The number of allylic oxidation sites excluding steroid dienone is 3. The van der Waals surface area contributed by atoms with Crippen LogP contribution in [0.5, 0.6) is 0 Å². The molecule has 1 amide bonds. The van der Waals surface area contributed by atoms with E-state index < -0.39 is 5.60 Å². The zero-order chi connectivity index (χ0) is 18.6. The number of rotatable bonds is 2. The highest BCUT2D eigenvalue weighted by atomic mass is 16.5. The second-order valence-electron chi connectivity index (χ2n) is 7.78. The fourth-order valence-electron chi connectivity index (χ4n) is 4.29. The summed E-state index contributed by atoms with van der Waals surface area (Å²) in [6.07, 6.45) is 9.25. The summed E-state index contributed by atoms with van der Waals surface area (Å²) >= 11 is 0. The Morgan fingerprint density at radius 1 is 1.44 bits per heavy atom. The Balaban J connectivity index is 0.000000186. The number of fused-ring (bicyclic) bond motifs is 1. The highest BCUT2D eigenvalue weighted by molar-refractivity contribution is 5.92. The Morgan fingerprint density at radius 3 is 2.80 bits per heavy atom. The number of hydrogen-bond donors (Lipinski definition) is 2. The van der Waals surface area contributed by atoms with Crippen molar-refractivity contribution in [1.29, 1.82) is 0 Å². The Kier molecular flexibility index (Phi) is 6.44. The summed E-state index contributed by atoms with van der Waals surface area (Å²) in [5.41, 5.74) is 1.66. The molecule has 2 fully saturated rings. The van der Waals surface area contributed by atoms with Crippen LogP contribution in [-0.4, -0.2) is 35.7 Å². The largest absolute Gasteiger partial charge is 0.460 e. The van der Waals surface area contributed by atoms with Gasteiger partial charge in [0.05, 0.1) is 17.2 Å². The number of cyclic esters (lactones) is 1. The van der Waals surface area contributed by atoms with E-state index in [0.29, 0.717) is 17.9 Å². The van der Waals surface area contributed by atoms with E-state index in [9.17, 15) is 14.7 Å². The van der Waals surface area contributed by atoms with Gasteiger partial charge in [-0.05, 0) is 64.2 Å². The molecule has 1 saturated heterocycles. The maximum absolute atomic E-state index is 10.8. The summed E-state index contributed by atoms with van der Waals surface area (Å²) in [7, 11) is 0. The van der Waals surface area contributed by atoms with Crippen LogP contribution in [0.2, 0.25) is 0 Å². The SMILES string of the molecule is C/C=C1/C(=O)OCC1NC=O.CC1=CCC2C(CC[C@](C)(O)C2C)C1. The molecule has 1 saturated carbocycles. The molecule has 0 radical (unpaired) electrons. The monoisotopic (exact) mass is 349 g/mol. The zero-order valence-electron chi connectivity index (χ0n) is 15.7. The second-order valence-corrected chi connectivity index (χ2v) is 7.78. The minimum Gasteiger partial charge on any atom is -0.460 e. The van der Waals surface area contributed by atoms with Gasteiger partial charge < -0.3 is 15.2 Å². The molecule has 4 unspecified atom stereocenters. The van der Waals surface area contributed by atoms with E-state index in [1.165, 1.54) is 19.3 Å². The first-order chi connectivity index (χ1) is 11.8. The van der Waals surface area contributed by atoms with Crippen molar-refractivity contribution in [2.24, 2.45) is 17.8 Å². The van der Waals surface area contributed by atoms with Gasteiger partial charge in [0.15, 0.2) is 0 Å². The standard InChI is InChI=1S/C13H22O.C7H9NO3/c1-9-4-5-12-10(2)13(3,14)7-6-11(12)8-9;1-2-5-6(8-4-9)3-11-7(5)10/h4,10-12,14H,5-8H2,1-3H3;2,4,6H,3H2,1H3,(H,8,9)/b;5-2+/t10?,11?,12?,13-;/m0./s1. The lowest BCUT2D eigenvalue weighted by Crippen LogP contribution is -2.45. The first kappa shape index (κ1) is 19.7. The molecule has 5 heteroatoms. The van der Waals surface area contributed by atoms with Crippen LogP contribution in [-0.2, 0) is 14.3 Å². The molecule has 2 N–H and O–H groups in total. The number of nitrogens with one attached hydrogen (secondary N) is 1. The number of esters is 1. The average Bonchev–Trinajstić information content (AvgIpc) is 2.92. The third kappa shape index (κ3) is 4.51. The molecular weight excluding hydrogens is 318 g/mol. The fourth-order valence-corrected chi connectivity index (χ4v) is 4.29. The molecule has 0 bridgehead atoms. The van der Waals surface area contributed by atoms with Gasteiger partial charge in [-0.15, -0.1) is 0 Å². The van der Waals surface area contributed by atoms with Crippen molar-refractivity contribution in [1.82, 2.24) is 5.32 Å². The first-order valence-electron chi connectivity index (χ1n) is 9.21. The normalized spacial score (nSPS) is 38.8. The van der Waals surface area contributed by atoms with Gasteiger partial charge in [-0.2, -0.15) is 0 Å². The summed E-state index contributed by atoms with van der Waals surface area (Å²) in [5, 5.41) is 12.7. The molecule has 1 heterocycles. The molecule has 0 spiro atoms. The van der Waals surface area contributed by atoms with E-state index in [1.807, 2.05) is 6.92 Å². The van der Waals surface area contributed by atoms with E-state index in [-0.39, 0.29) is 18.6 Å². The summed E-state index contributed by atoms with van der Waals surface area (Å²) in [5.74, 6) is 1.69. The molecule has 0 aromatic rings. The van der Waals surface area contributed by atoms with Gasteiger partial charge in [-0.3, -0.25) is 4.79 Å². The van der Waals surface area contributed by atoms with Gasteiger partial charge in [0, 0.05) is 0 Å². The minimum atomic E-state index is -0.416. The molecule has 0 aromatic heterocycles. The van der Waals surface area contributed by atoms with Crippen molar-refractivity contribution in [2.45, 2.75) is 65.0 Å². The molecule has 25 heavy (non-hydrogen) atoms. The van der Waals surface area contributed by atoms with Crippen LogP contribution >= 0.6 is 0 Å². The average molecular weight is 349 g/mol. The van der Waals surface area contributed by atoms with E-state index in [2.05, 4.69) is 25.2 Å². The van der Waals surface area contributed by atoms with Gasteiger partial charge in [0.25, 0.3) is 0 Å². The second kappa shape index (κ2) is 8.17. The number of ether oxygens (including phenoxy) is 1. The number of amides is 1. The van der Waals surface area contributed by atoms with Crippen LogP contribution < -0.4 is 5.32 Å². The Hall–Kier alpha value is -1.62. The molecule has 2 aliphatic carbocycles. The lowest BCUT2D eigenvalue weighted by atomic mass is 9.61. The number of aliphatic hydroxyl groups is 1. The van der Waals surface area contributed by atoms with Crippen LogP contribution in [0.15, 0.2) is 23.3 Å². The molecule has 140 valence electrons. The van der Waals surface area contributed by atoms with Gasteiger partial charge in [0.2, 0.25) is 6.41 Å². The molecule has 5 nitrogen and oxygen atoms in total. The molecule has 1 aliphatic heterocycles. The smallest absolute Gasteiger partial charge is 0.335 e. The molecule has 5 atom stereocenters. The Morgan fingerprint density at radius 2 is 2.16 bits per heavy atom. The van der Waals surface area contributed by atoms with E-state index >= 15 is 0 Å². The summed E-state index contributed by atoms with van der Waals surface area (Å²) < 4.78 is 4.69. The summed E-state index contributed by atoms with van der Waals surface area (Å²) in [4.78, 5) is 20.9. The van der Waals surface area contributed by atoms with Crippen molar-refractivity contribution in [3.8, 4) is 0 Å². The predicted molar refractivity (Wildman–Crippen MR) is 96.7 cm³/mol. The van der Waals surface area contributed by atoms with Crippen LogP contribution in [0.4, 0.5) is 0 Å². The maximum Gasteiger partial charge on any atom is 0.335 e. The van der Waals surface area contributed by atoms with Crippen LogP contribution in [0.25, 0.3) is 0 Å². The zero-order valence-corrected chi connectivity index (χ0v) is 15.7. The van der Waals surface area contributed by atoms with Gasteiger partial charge in [0.1, 0.15) is 6.61 Å². The van der Waals surface area contributed by atoms with Gasteiger partial charge in [-0.1, -0.05) is 24.6 Å². The Labute approximate surface area is 150 Å². The molecule has 0 aromatic carbocycles. The first-order valence-corrected chi connectivity index (χ1v) is 9.21. The van der Waals surface area contributed by atoms with E-state index in [1.54, 1.807) is 18.6 Å². The van der Waals surface area contributed by atoms with E-state index in [4.69, 9.17) is 4.74 Å².